The van der Waals surface area contributed by atoms with Crippen LogP contribution in [-0.4, -0.2) is 39.4 Å². The van der Waals surface area contributed by atoms with Crippen LogP contribution < -0.4 is 5.32 Å². The molecule has 0 spiro atoms. The summed E-state index contributed by atoms with van der Waals surface area (Å²) >= 11 is 3.71. The van der Waals surface area contributed by atoms with Crippen molar-refractivity contribution < 1.29 is 0 Å². The molecule has 0 aromatic carbocycles. The Morgan fingerprint density at radius 3 is 2.67 bits per heavy atom. The fraction of sp³-hybridized carbons (Fsp3) is 0.812. The molecule has 1 saturated carbocycles. The highest BCUT2D eigenvalue weighted by atomic mass is 79.9. The molecule has 0 amide bonds. The van der Waals surface area contributed by atoms with Crippen molar-refractivity contribution in [2.45, 2.75) is 58.2 Å². The van der Waals surface area contributed by atoms with Crippen molar-refractivity contribution in [1.82, 2.24) is 20.0 Å². The zero-order valence-corrected chi connectivity index (χ0v) is 15.2. The van der Waals surface area contributed by atoms with Gasteiger partial charge in [0, 0.05) is 38.3 Å². The summed E-state index contributed by atoms with van der Waals surface area (Å²) < 4.78 is 3.20. The van der Waals surface area contributed by atoms with Gasteiger partial charge in [0.05, 0.1) is 15.9 Å². The summed E-state index contributed by atoms with van der Waals surface area (Å²) in [6.07, 6.45) is 3.98. The van der Waals surface area contributed by atoms with Crippen LogP contribution >= 0.6 is 15.9 Å². The van der Waals surface area contributed by atoms with Crippen molar-refractivity contribution in [1.29, 1.82) is 0 Å². The van der Waals surface area contributed by atoms with Crippen LogP contribution in [0.1, 0.15) is 44.5 Å². The Balaban J connectivity index is 1.80. The largest absolute Gasteiger partial charge is 0.308 e. The highest BCUT2D eigenvalue weighted by Gasteiger charge is 2.45. The molecular weight excluding hydrogens is 328 g/mol. The molecule has 1 aromatic rings. The summed E-state index contributed by atoms with van der Waals surface area (Å²) in [5.41, 5.74) is 2.68. The summed E-state index contributed by atoms with van der Waals surface area (Å²) in [6.45, 7) is 10.0. The van der Waals surface area contributed by atoms with Crippen LogP contribution in [0.2, 0.25) is 0 Å². The smallest absolute Gasteiger partial charge is 0.0739 e. The van der Waals surface area contributed by atoms with E-state index in [9.17, 15) is 0 Å². The molecule has 1 aliphatic carbocycles. The van der Waals surface area contributed by atoms with Gasteiger partial charge in [-0.2, -0.15) is 5.10 Å². The maximum Gasteiger partial charge on any atom is 0.0739 e. The fourth-order valence-electron chi connectivity index (χ4n) is 3.71. The first-order valence-corrected chi connectivity index (χ1v) is 8.91. The summed E-state index contributed by atoms with van der Waals surface area (Å²) in [5, 5.41) is 8.37. The molecule has 5 heteroatoms. The number of aromatic nitrogens is 2. The lowest BCUT2D eigenvalue weighted by Gasteiger charge is -2.46. The van der Waals surface area contributed by atoms with Gasteiger partial charge in [-0.25, -0.2) is 0 Å². The first kappa shape index (κ1) is 15.5. The third-order valence-electron chi connectivity index (χ3n) is 5.35. The first-order valence-electron chi connectivity index (χ1n) is 8.11. The second kappa shape index (κ2) is 5.67. The molecule has 1 aliphatic heterocycles. The van der Waals surface area contributed by atoms with Crippen LogP contribution in [0.3, 0.4) is 0 Å². The normalized spacial score (nSPS) is 30.8. The van der Waals surface area contributed by atoms with E-state index in [-0.39, 0.29) is 0 Å². The molecule has 2 heterocycles. The number of aryl methyl sites for hydroxylation is 2. The van der Waals surface area contributed by atoms with Crippen LogP contribution in [0.25, 0.3) is 0 Å². The van der Waals surface area contributed by atoms with E-state index < -0.39 is 0 Å². The van der Waals surface area contributed by atoms with Crippen molar-refractivity contribution in [3.8, 4) is 0 Å². The third kappa shape index (κ3) is 2.92. The van der Waals surface area contributed by atoms with E-state index in [1.54, 1.807) is 0 Å². The Labute approximate surface area is 136 Å². The number of nitrogens with zero attached hydrogens (tertiary/aromatic N) is 3. The van der Waals surface area contributed by atoms with E-state index in [0.717, 1.165) is 31.2 Å². The van der Waals surface area contributed by atoms with Gasteiger partial charge >= 0.3 is 0 Å². The molecule has 1 N–H and O–H groups in total. The van der Waals surface area contributed by atoms with Gasteiger partial charge in [-0.3, -0.25) is 9.58 Å². The van der Waals surface area contributed by atoms with Crippen LogP contribution in [-0.2, 0) is 13.6 Å². The molecular formula is C16H27BrN4. The molecule has 1 saturated heterocycles. The second-order valence-electron chi connectivity index (χ2n) is 7.01. The third-order valence-corrected chi connectivity index (χ3v) is 6.39. The predicted molar refractivity (Wildman–Crippen MR) is 89.3 cm³/mol. The summed E-state index contributed by atoms with van der Waals surface area (Å²) in [6, 6.07) is 0.624. The maximum atomic E-state index is 4.54. The average molecular weight is 355 g/mol. The molecule has 118 valence electrons. The molecule has 2 aliphatic rings. The molecule has 3 rings (SSSR count). The van der Waals surface area contributed by atoms with E-state index in [2.05, 4.69) is 59.1 Å². The molecule has 4 nitrogen and oxygen atoms in total. The number of halogens is 1. The Kier molecular flexibility index (Phi) is 4.19. The first-order chi connectivity index (χ1) is 9.94. The number of hydrogen-bond donors (Lipinski definition) is 1. The van der Waals surface area contributed by atoms with Gasteiger partial charge in [-0.05, 0) is 55.0 Å². The summed E-state index contributed by atoms with van der Waals surface area (Å²) in [4.78, 5) is 2.66. The van der Waals surface area contributed by atoms with Gasteiger partial charge in [0.15, 0.2) is 0 Å². The fourth-order valence-corrected chi connectivity index (χ4v) is 4.17. The van der Waals surface area contributed by atoms with Crippen LogP contribution in [0.4, 0.5) is 0 Å². The van der Waals surface area contributed by atoms with Gasteiger partial charge in [0.2, 0.25) is 0 Å². The van der Waals surface area contributed by atoms with E-state index in [4.69, 9.17) is 0 Å². The topological polar surface area (TPSA) is 33.1 Å². The maximum absolute atomic E-state index is 4.54. The highest BCUT2D eigenvalue weighted by molar-refractivity contribution is 9.10. The Hall–Kier alpha value is -0.390. The van der Waals surface area contributed by atoms with Crippen molar-refractivity contribution in [3.05, 3.63) is 15.9 Å². The number of piperazine rings is 1. The quantitative estimate of drug-likeness (QED) is 0.902. The van der Waals surface area contributed by atoms with Crippen molar-refractivity contribution in [3.63, 3.8) is 0 Å². The van der Waals surface area contributed by atoms with Gasteiger partial charge in [-0.1, -0.05) is 6.92 Å². The lowest BCUT2D eigenvalue weighted by Crippen LogP contribution is -2.63. The molecule has 0 radical (unpaired) electrons. The van der Waals surface area contributed by atoms with Gasteiger partial charge in [0.25, 0.3) is 0 Å². The SMILES string of the molecule is CCC1CNC(C)(C2CC2)CN1Cc1c(Br)c(C)nn1C. The van der Waals surface area contributed by atoms with Crippen molar-refractivity contribution in [2.75, 3.05) is 13.1 Å². The zero-order chi connectivity index (χ0) is 15.2. The van der Waals surface area contributed by atoms with Crippen molar-refractivity contribution >= 4 is 15.9 Å². The van der Waals surface area contributed by atoms with E-state index in [0.29, 0.717) is 11.6 Å². The highest BCUT2D eigenvalue weighted by Crippen LogP contribution is 2.41. The monoisotopic (exact) mass is 354 g/mol. The molecule has 21 heavy (non-hydrogen) atoms. The van der Waals surface area contributed by atoms with Gasteiger partial charge in [0.1, 0.15) is 0 Å². The van der Waals surface area contributed by atoms with Crippen LogP contribution in [0, 0.1) is 12.8 Å². The second-order valence-corrected chi connectivity index (χ2v) is 7.80. The Bertz CT molecular complexity index is 523. The minimum Gasteiger partial charge on any atom is -0.308 e. The number of nitrogens with one attached hydrogen (secondary N) is 1. The zero-order valence-electron chi connectivity index (χ0n) is 13.6. The summed E-state index contributed by atoms with van der Waals surface area (Å²) in [7, 11) is 2.05. The standard InChI is InChI=1S/C16H27BrN4/c1-5-13-8-18-16(3,12-6-7-12)10-21(13)9-14-15(17)11(2)19-20(14)4/h12-13,18H,5-10H2,1-4H3. The minimum atomic E-state index is 0.297. The van der Waals surface area contributed by atoms with Crippen LogP contribution in [0.15, 0.2) is 4.47 Å². The van der Waals surface area contributed by atoms with E-state index in [1.165, 1.54) is 29.4 Å². The molecule has 1 aromatic heterocycles. The average Bonchev–Trinajstić information content (AvgIpc) is 3.25. The van der Waals surface area contributed by atoms with Crippen LogP contribution in [0.5, 0.6) is 0 Å². The Morgan fingerprint density at radius 1 is 1.43 bits per heavy atom. The van der Waals surface area contributed by atoms with E-state index >= 15 is 0 Å². The predicted octanol–water partition coefficient (Wildman–Crippen LogP) is 2.84. The summed E-state index contributed by atoms with van der Waals surface area (Å²) in [5.74, 6) is 0.870. The lowest BCUT2D eigenvalue weighted by atomic mass is 9.90. The molecule has 2 fully saturated rings. The van der Waals surface area contributed by atoms with Crippen molar-refractivity contribution in [2.24, 2.45) is 13.0 Å². The number of hydrogen-bond acceptors (Lipinski definition) is 3. The number of rotatable bonds is 4. The lowest BCUT2D eigenvalue weighted by molar-refractivity contribution is 0.0644. The van der Waals surface area contributed by atoms with Gasteiger partial charge < -0.3 is 5.32 Å². The minimum absolute atomic E-state index is 0.297. The molecule has 2 unspecified atom stereocenters. The van der Waals surface area contributed by atoms with Gasteiger partial charge in [-0.15, -0.1) is 0 Å². The Morgan fingerprint density at radius 2 is 2.14 bits per heavy atom. The molecule has 2 atom stereocenters. The molecule has 0 bridgehead atoms. The van der Waals surface area contributed by atoms with E-state index in [1.807, 2.05) is 4.68 Å².